The summed E-state index contributed by atoms with van der Waals surface area (Å²) in [6.45, 7) is 4.28. The van der Waals surface area contributed by atoms with E-state index in [1.807, 2.05) is 24.3 Å². The Hall–Kier alpha value is -1.76. The molecule has 0 aliphatic heterocycles. The molecule has 2 aromatic rings. The van der Waals surface area contributed by atoms with Crippen molar-refractivity contribution in [3.05, 3.63) is 53.6 Å². The molecule has 0 amide bonds. The van der Waals surface area contributed by atoms with Crippen molar-refractivity contribution in [2.24, 2.45) is 0 Å². The second kappa shape index (κ2) is 6.42. The molecule has 0 fully saturated rings. The molecule has 0 saturated carbocycles. The summed E-state index contributed by atoms with van der Waals surface area (Å²) in [7, 11) is 0. The van der Waals surface area contributed by atoms with E-state index in [2.05, 4.69) is 32.0 Å². The van der Waals surface area contributed by atoms with Crippen LogP contribution in [0.25, 0.3) is 11.1 Å². The molecule has 0 aliphatic rings. The van der Waals surface area contributed by atoms with Gasteiger partial charge in [0.1, 0.15) is 0 Å². The largest absolute Gasteiger partial charge is 0.289 e. The lowest BCUT2D eigenvalue weighted by molar-refractivity contribution is 0.351. The maximum atomic E-state index is 12.5. The summed E-state index contributed by atoms with van der Waals surface area (Å²) < 4.78 is 0. The van der Waals surface area contributed by atoms with Crippen molar-refractivity contribution in [1.82, 2.24) is 0 Å². The number of hydrogen-bond acceptors (Lipinski definition) is 0. The number of benzene rings is 2. The van der Waals surface area contributed by atoms with E-state index >= 15 is 0 Å². The van der Waals surface area contributed by atoms with Gasteiger partial charge in [-0.2, -0.15) is 0 Å². The van der Waals surface area contributed by atoms with Gasteiger partial charge in [0.2, 0.25) is 0 Å². The van der Waals surface area contributed by atoms with Gasteiger partial charge in [-0.25, -0.2) is 0 Å². The molecule has 0 atom stereocenters. The van der Waals surface area contributed by atoms with Crippen LogP contribution < -0.4 is 0 Å². The molecule has 0 saturated heterocycles. The summed E-state index contributed by atoms with van der Waals surface area (Å²) in [4.78, 5) is 0. The molecule has 0 bridgehead atoms. The van der Waals surface area contributed by atoms with Crippen LogP contribution in [-0.4, -0.2) is 0 Å². The third kappa shape index (κ3) is 2.98. The lowest BCUT2D eigenvalue weighted by atomic mass is 9.94. The van der Waals surface area contributed by atoms with Crippen LogP contribution in [0.4, 0.5) is 0 Å². The van der Waals surface area contributed by atoms with Crippen LogP contribution in [0.1, 0.15) is 37.8 Å². The van der Waals surface area contributed by atoms with Crippen LogP contribution in [0, 0.1) is 0 Å². The monoisotopic (exact) mass is 253 g/mol. The minimum Gasteiger partial charge on any atom is -0.289 e. The maximum Gasteiger partial charge on any atom is 0.189 e. The molecule has 2 aromatic carbocycles. The SMILES string of the molecule is CCCc1ccccc1-c1cccc(CCC)c1[O]. The summed E-state index contributed by atoms with van der Waals surface area (Å²) >= 11 is 0. The van der Waals surface area contributed by atoms with Gasteiger partial charge in [-0.15, -0.1) is 0 Å². The minimum absolute atomic E-state index is 0.202. The highest BCUT2D eigenvalue weighted by atomic mass is 16.3. The van der Waals surface area contributed by atoms with Crippen molar-refractivity contribution in [1.29, 1.82) is 0 Å². The van der Waals surface area contributed by atoms with Crippen molar-refractivity contribution in [2.75, 3.05) is 0 Å². The third-order valence-electron chi connectivity index (χ3n) is 3.44. The normalized spacial score (nSPS) is 10.6. The predicted molar refractivity (Wildman–Crippen MR) is 80.0 cm³/mol. The van der Waals surface area contributed by atoms with Gasteiger partial charge in [0.25, 0.3) is 0 Å². The van der Waals surface area contributed by atoms with E-state index in [-0.39, 0.29) is 5.75 Å². The Balaban J connectivity index is 2.50. The Labute approximate surface area is 115 Å². The molecular weight excluding hydrogens is 232 g/mol. The van der Waals surface area contributed by atoms with E-state index in [1.54, 1.807) is 0 Å². The van der Waals surface area contributed by atoms with E-state index in [1.165, 1.54) is 5.56 Å². The van der Waals surface area contributed by atoms with Gasteiger partial charge in [-0.05, 0) is 24.0 Å². The second-order valence-electron chi connectivity index (χ2n) is 4.95. The fourth-order valence-electron chi connectivity index (χ4n) is 2.53. The molecule has 99 valence electrons. The first kappa shape index (κ1) is 13.7. The third-order valence-corrected chi connectivity index (χ3v) is 3.44. The zero-order chi connectivity index (χ0) is 13.7. The Bertz CT molecular complexity index is 543. The number of para-hydroxylation sites is 1. The van der Waals surface area contributed by atoms with Crippen molar-refractivity contribution >= 4 is 0 Å². The molecule has 0 aliphatic carbocycles. The summed E-state index contributed by atoms with van der Waals surface area (Å²) in [5.74, 6) is 0.202. The molecule has 0 aromatic heterocycles. The van der Waals surface area contributed by atoms with E-state index in [9.17, 15) is 5.11 Å². The first-order valence-electron chi connectivity index (χ1n) is 7.15. The van der Waals surface area contributed by atoms with Gasteiger partial charge < -0.3 is 0 Å². The van der Waals surface area contributed by atoms with Gasteiger partial charge >= 0.3 is 0 Å². The lowest BCUT2D eigenvalue weighted by Gasteiger charge is -2.11. The number of hydrogen-bond donors (Lipinski definition) is 0. The minimum atomic E-state index is 0.202. The topological polar surface area (TPSA) is 19.9 Å². The van der Waals surface area contributed by atoms with Crippen LogP contribution >= 0.6 is 0 Å². The number of aryl methyl sites for hydroxylation is 2. The Kier molecular flexibility index (Phi) is 4.62. The van der Waals surface area contributed by atoms with Crippen molar-refractivity contribution in [3.8, 4) is 16.9 Å². The fourth-order valence-corrected chi connectivity index (χ4v) is 2.53. The molecule has 1 radical (unpaired) electrons. The lowest BCUT2D eigenvalue weighted by Crippen LogP contribution is -1.91. The van der Waals surface area contributed by atoms with Gasteiger partial charge in [-0.1, -0.05) is 69.2 Å². The first-order valence-corrected chi connectivity index (χ1v) is 7.15. The van der Waals surface area contributed by atoms with Crippen LogP contribution in [0.5, 0.6) is 5.75 Å². The van der Waals surface area contributed by atoms with Gasteiger partial charge in [0.15, 0.2) is 5.75 Å². The zero-order valence-corrected chi connectivity index (χ0v) is 11.8. The summed E-state index contributed by atoms with van der Waals surface area (Å²) in [6, 6.07) is 14.2. The van der Waals surface area contributed by atoms with Gasteiger partial charge in [0.05, 0.1) is 0 Å². The molecule has 0 spiro atoms. The van der Waals surface area contributed by atoms with E-state index in [0.29, 0.717) is 0 Å². The Morgan fingerprint density at radius 2 is 1.32 bits per heavy atom. The predicted octanol–water partition coefficient (Wildman–Crippen LogP) is 5.40. The van der Waals surface area contributed by atoms with Crippen LogP contribution in [0.2, 0.25) is 0 Å². The molecule has 19 heavy (non-hydrogen) atoms. The van der Waals surface area contributed by atoms with E-state index < -0.39 is 0 Å². The van der Waals surface area contributed by atoms with Crippen LogP contribution in [0.15, 0.2) is 42.5 Å². The summed E-state index contributed by atoms with van der Waals surface area (Å²) in [6.07, 6.45) is 3.99. The zero-order valence-electron chi connectivity index (χ0n) is 11.8. The molecule has 0 N–H and O–H groups in total. The average Bonchev–Trinajstić information content (AvgIpc) is 2.43. The highest BCUT2D eigenvalue weighted by molar-refractivity contribution is 5.74. The van der Waals surface area contributed by atoms with Gasteiger partial charge in [0, 0.05) is 11.1 Å². The quantitative estimate of drug-likeness (QED) is 0.679. The standard InChI is InChI=1S/C18H21O/c1-3-8-14-10-5-6-12-16(14)17-13-7-11-15(9-4-2)18(17)19/h5-7,10-13H,3-4,8-9H2,1-2H3. The van der Waals surface area contributed by atoms with Crippen molar-refractivity contribution < 1.29 is 5.11 Å². The molecule has 2 rings (SSSR count). The molecular formula is C18H21O. The Morgan fingerprint density at radius 1 is 0.737 bits per heavy atom. The molecule has 0 unspecified atom stereocenters. The fraction of sp³-hybridized carbons (Fsp3) is 0.333. The molecule has 1 nitrogen and oxygen atoms in total. The molecule has 0 heterocycles. The van der Waals surface area contributed by atoms with Crippen molar-refractivity contribution in [2.45, 2.75) is 39.5 Å². The highest BCUT2D eigenvalue weighted by Crippen LogP contribution is 2.35. The van der Waals surface area contributed by atoms with E-state index in [4.69, 9.17) is 0 Å². The maximum absolute atomic E-state index is 12.5. The number of rotatable bonds is 5. The second-order valence-corrected chi connectivity index (χ2v) is 4.95. The van der Waals surface area contributed by atoms with Crippen LogP contribution in [-0.2, 0) is 17.9 Å². The highest BCUT2D eigenvalue weighted by Gasteiger charge is 2.12. The summed E-state index contributed by atoms with van der Waals surface area (Å²) in [5, 5.41) is 12.5. The van der Waals surface area contributed by atoms with Crippen LogP contribution in [0.3, 0.4) is 0 Å². The van der Waals surface area contributed by atoms with E-state index in [0.717, 1.165) is 42.4 Å². The van der Waals surface area contributed by atoms with Crippen molar-refractivity contribution in [3.63, 3.8) is 0 Å². The smallest absolute Gasteiger partial charge is 0.189 e. The molecule has 1 heteroatoms. The summed E-state index contributed by atoms with van der Waals surface area (Å²) in [5.41, 5.74) is 4.17. The first-order chi connectivity index (χ1) is 9.27. The Morgan fingerprint density at radius 3 is 2.05 bits per heavy atom. The van der Waals surface area contributed by atoms with Gasteiger partial charge in [-0.3, -0.25) is 5.11 Å². The average molecular weight is 253 g/mol.